The molecule has 1 unspecified atom stereocenters. The Morgan fingerprint density at radius 1 is 1.39 bits per heavy atom. The van der Waals surface area contributed by atoms with E-state index in [1.807, 2.05) is 31.3 Å². The van der Waals surface area contributed by atoms with Gasteiger partial charge >= 0.3 is 0 Å². The molecule has 0 aliphatic rings. The molecular weight excluding hydrogens is 336 g/mol. The van der Waals surface area contributed by atoms with Crippen molar-refractivity contribution in [3.63, 3.8) is 0 Å². The lowest BCUT2D eigenvalue weighted by Crippen LogP contribution is -2.05. The van der Waals surface area contributed by atoms with Crippen LogP contribution < -0.4 is 0 Å². The summed E-state index contributed by atoms with van der Waals surface area (Å²) < 4.78 is 14.8. The second-order valence-corrected chi connectivity index (χ2v) is 6.69. The van der Waals surface area contributed by atoms with Crippen LogP contribution in [0.15, 0.2) is 34.9 Å². The highest BCUT2D eigenvalue weighted by molar-refractivity contribution is 9.10. The van der Waals surface area contributed by atoms with E-state index >= 15 is 0 Å². The van der Waals surface area contributed by atoms with E-state index in [9.17, 15) is 4.21 Å². The topological polar surface area (TPSA) is 34.9 Å². The molecule has 0 radical (unpaired) electrons. The molecule has 0 saturated heterocycles. The van der Waals surface area contributed by atoms with Crippen LogP contribution in [-0.4, -0.2) is 14.0 Å². The van der Waals surface area contributed by atoms with Gasteiger partial charge in [0.2, 0.25) is 0 Å². The standard InChI is InChI=1S/C12H12BrClN2OS/c1-16-11(4-5-15-16)8-18(17)7-9-6-10(13)2-3-12(9)14/h2-6H,7-8H2,1H3. The summed E-state index contributed by atoms with van der Waals surface area (Å²) in [6.07, 6.45) is 1.71. The molecule has 0 fully saturated rings. The smallest absolute Gasteiger partial charge is 0.0659 e. The Labute approximate surface area is 122 Å². The molecule has 96 valence electrons. The monoisotopic (exact) mass is 346 g/mol. The van der Waals surface area contributed by atoms with Gasteiger partial charge in [-0.3, -0.25) is 8.89 Å². The lowest BCUT2D eigenvalue weighted by atomic mass is 10.2. The van der Waals surface area contributed by atoms with E-state index < -0.39 is 10.8 Å². The second kappa shape index (κ2) is 5.99. The highest BCUT2D eigenvalue weighted by Gasteiger charge is 2.09. The first-order valence-electron chi connectivity index (χ1n) is 5.32. The Morgan fingerprint density at radius 2 is 2.17 bits per heavy atom. The molecule has 6 heteroatoms. The van der Waals surface area contributed by atoms with Crippen molar-refractivity contribution < 1.29 is 4.21 Å². The highest BCUT2D eigenvalue weighted by atomic mass is 79.9. The zero-order valence-electron chi connectivity index (χ0n) is 9.77. The van der Waals surface area contributed by atoms with Gasteiger partial charge in [-0.05, 0) is 29.8 Å². The molecular formula is C12H12BrClN2OS. The first-order chi connectivity index (χ1) is 8.56. The molecule has 3 nitrogen and oxygen atoms in total. The van der Waals surface area contributed by atoms with Crippen LogP contribution in [0.1, 0.15) is 11.3 Å². The number of aryl methyl sites for hydroxylation is 1. The van der Waals surface area contributed by atoms with E-state index in [-0.39, 0.29) is 0 Å². The average Bonchev–Trinajstić information content (AvgIpc) is 2.70. The van der Waals surface area contributed by atoms with Crippen LogP contribution in [0.2, 0.25) is 5.02 Å². The zero-order chi connectivity index (χ0) is 13.1. The number of rotatable bonds is 4. The summed E-state index contributed by atoms with van der Waals surface area (Å²) in [6.45, 7) is 0. The van der Waals surface area contributed by atoms with Crippen molar-refractivity contribution >= 4 is 38.3 Å². The lowest BCUT2D eigenvalue weighted by molar-refractivity contribution is 0.676. The Balaban J connectivity index is 2.08. The minimum Gasteiger partial charge on any atom is -0.272 e. The van der Waals surface area contributed by atoms with Gasteiger partial charge in [0.05, 0.1) is 17.2 Å². The minimum atomic E-state index is -0.995. The van der Waals surface area contributed by atoms with E-state index in [1.165, 1.54) is 0 Å². The van der Waals surface area contributed by atoms with Crippen LogP contribution in [0.25, 0.3) is 0 Å². The van der Waals surface area contributed by atoms with Gasteiger partial charge in [0.25, 0.3) is 0 Å². The van der Waals surface area contributed by atoms with Gasteiger partial charge in [-0.1, -0.05) is 27.5 Å². The van der Waals surface area contributed by atoms with Crippen molar-refractivity contribution in [2.24, 2.45) is 7.05 Å². The molecule has 0 aliphatic carbocycles. The summed E-state index contributed by atoms with van der Waals surface area (Å²) in [5, 5.41) is 4.71. The quantitative estimate of drug-likeness (QED) is 0.850. The number of hydrogen-bond donors (Lipinski definition) is 0. The molecule has 1 aromatic heterocycles. The third-order valence-electron chi connectivity index (χ3n) is 2.56. The van der Waals surface area contributed by atoms with Gasteiger partial charge in [-0.25, -0.2) is 0 Å². The molecule has 0 spiro atoms. The summed E-state index contributed by atoms with van der Waals surface area (Å²) in [4.78, 5) is 0. The molecule has 0 amide bonds. The minimum absolute atomic E-state index is 0.448. The highest BCUT2D eigenvalue weighted by Crippen LogP contribution is 2.22. The largest absolute Gasteiger partial charge is 0.272 e. The van der Waals surface area contributed by atoms with Gasteiger partial charge in [0, 0.05) is 33.5 Å². The SMILES string of the molecule is Cn1nccc1CS(=O)Cc1cc(Br)ccc1Cl. The van der Waals surface area contributed by atoms with Crippen LogP contribution in [0.3, 0.4) is 0 Å². The maximum absolute atomic E-state index is 12.1. The van der Waals surface area contributed by atoms with Crippen LogP contribution >= 0.6 is 27.5 Å². The lowest BCUT2D eigenvalue weighted by Gasteiger charge is -2.06. The Bertz CT molecular complexity index is 585. The number of benzene rings is 1. The molecule has 0 aliphatic heterocycles. The van der Waals surface area contributed by atoms with E-state index in [0.29, 0.717) is 16.5 Å². The molecule has 2 rings (SSSR count). The van der Waals surface area contributed by atoms with Crippen LogP contribution in [0.5, 0.6) is 0 Å². The third kappa shape index (κ3) is 3.43. The molecule has 0 saturated carbocycles. The van der Waals surface area contributed by atoms with Gasteiger partial charge < -0.3 is 0 Å². The predicted octanol–water partition coefficient (Wildman–Crippen LogP) is 3.28. The molecule has 1 heterocycles. The van der Waals surface area contributed by atoms with Gasteiger partial charge in [-0.15, -0.1) is 0 Å². The van der Waals surface area contributed by atoms with Crippen LogP contribution in [0, 0.1) is 0 Å². The maximum Gasteiger partial charge on any atom is 0.0659 e. The van der Waals surface area contributed by atoms with Crippen molar-refractivity contribution in [1.82, 2.24) is 9.78 Å². The number of nitrogens with zero attached hydrogens (tertiary/aromatic N) is 2. The average molecular weight is 348 g/mol. The van der Waals surface area contributed by atoms with Gasteiger partial charge in [0.15, 0.2) is 0 Å². The van der Waals surface area contributed by atoms with E-state index in [2.05, 4.69) is 21.0 Å². The van der Waals surface area contributed by atoms with Gasteiger partial charge in [0.1, 0.15) is 0 Å². The van der Waals surface area contributed by atoms with Crippen molar-refractivity contribution in [2.75, 3.05) is 0 Å². The summed E-state index contributed by atoms with van der Waals surface area (Å²) in [7, 11) is 0.851. The maximum atomic E-state index is 12.1. The number of halogens is 2. The van der Waals surface area contributed by atoms with E-state index in [4.69, 9.17) is 11.6 Å². The molecule has 1 atom stereocenters. The Kier molecular flexibility index (Phi) is 4.59. The van der Waals surface area contributed by atoms with Crippen molar-refractivity contribution in [2.45, 2.75) is 11.5 Å². The normalized spacial score (nSPS) is 12.6. The van der Waals surface area contributed by atoms with Crippen molar-refractivity contribution in [3.05, 3.63) is 51.2 Å². The third-order valence-corrected chi connectivity index (χ3v) is 4.67. The first-order valence-corrected chi connectivity index (χ1v) is 7.98. The number of aromatic nitrogens is 2. The first kappa shape index (κ1) is 13.8. The van der Waals surface area contributed by atoms with Gasteiger partial charge in [-0.2, -0.15) is 5.10 Å². The fraction of sp³-hybridized carbons (Fsp3) is 0.250. The van der Waals surface area contributed by atoms with E-state index in [1.54, 1.807) is 10.9 Å². The van der Waals surface area contributed by atoms with Crippen LogP contribution in [-0.2, 0) is 29.4 Å². The second-order valence-electron chi connectivity index (χ2n) is 3.91. The van der Waals surface area contributed by atoms with Crippen molar-refractivity contribution in [3.8, 4) is 0 Å². The summed E-state index contributed by atoms with van der Waals surface area (Å²) in [5.74, 6) is 0.933. The summed E-state index contributed by atoms with van der Waals surface area (Å²) >= 11 is 9.47. The van der Waals surface area contributed by atoms with Crippen molar-refractivity contribution in [1.29, 1.82) is 0 Å². The molecule has 2 aromatic rings. The number of hydrogen-bond acceptors (Lipinski definition) is 2. The van der Waals surface area contributed by atoms with Crippen LogP contribution in [0.4, 0.5) is 0 Å². The molecule has 0 N–H and O–H groups in total. The fourth-order valence-electron chi connectivity index (χ4n) is 1.59. The molecule has 18 heavy (non-hydrogen) atoms. The Hall–Kier alpha value is -0.650. The fourth-order valence-corrected chi connectivity index (χ4v) is 3.56. The zero-order valence-corrected chi connectivity index (χ0v) is 12.9. The summed E-state index contributed by atoms with van der Waals surface area (Å²) in [6, 6.07) is 7.46. The Morgan fingerprint density at radius 3 is 2.83 bits per heavy atom. The predicted molar refractivity (Wildman–Crippen MR) is 77.9 cm³/mol. The molecule has 0 bridgehead atoms. The van der Waals surface area contributed by atoms with E-state index in [0.717, 1.165) is 15.7 Å². The molecule has 1 aromatic carbocycles. The summed E-state index contributed by atoms with van der Waals surface area (Å²) in [5.41, 5.74) is 1.85.